The number of piperazine rings is 1. The molecule has 1 aromatic carbocycles. The third-order valence-electron chi connectivity index (χ3n) is 6.42. The zero-order chi connectivity index (χ0) is 20.9. The molecule has 2 aromatic rings. The Morgan fingerprint density at radius 1 is 1.13 bits per heavy atom. The van der Waals surface area contributed by atoms with E-state index in [-0.39, 0.29) is 11.9 Å². The van der Waals surface area contributed by atoms with Crippen molar-refractivity contribution in [1.29, 1.82) is 0 Å². The van der Waals surface area contributed by atoms with Crippen LogP contribution in [0.5, 0.6) is 0 Å². The number of hydrogen-bond acceptors (Lipinski definition) is 6. The average molecular weight is 412 g/mol. The van der Waals surface area contributed by atoms with Crippen molar-refractivity contribution in [3.8, 4) is 11.4 Å². The first-order valence-electron chi connectivity index (χ1n) is 11.2. The van der Waals surface area contributed by atoms with Gasteiger partial charge in [0, 0.05) is 37.8 Å². The Hall–Kier alpha value is -2.25. The van der Waals surface area contributed by atoms with Crippen LogP contribution in [0.1, 0.15) is 50.5 Å². The summed E-state index contributed by atoms with van der Waals surface area (Å²) in [5.41, 5.74) is 2.18. The summed E-state index contributed by atoms with van der Waals surface area (Å²) in [6.07, 6.45) is 6.02. The first kappa shape index (κ1) is 21.0. The molecule has 2 heterocycles. The third kappa shape index (κ3) is 5.26. The molecule has 2 fully saturated rings. The molecule has 1 saturated carbocycles. The zero-order valence-electron chi connectivity index (χ0n) is 18.1. The highest BCUT2D eigenvalue weighted by atomic mass is 16.5. The number of carbonyl (C=O) groups is 1. The molecule has 1 unspecified atom stereocenters. The van der Waals surface area contributed by atoms with Crippen molar-refractivity contribution in [1.82, 2.24) is 25.3 Å². The Balaban J connectivity index is 1.24. The summed E-state index contributed by atoms with van der Waals surface area (Å²) in [7, 11) is 0. The third-order valence-corrected chi connectivity index (χ3v) is 6.42. The van der Waals surface area contributed by atoms with Crippen molar-refractivity contribution < 1.29 is 9.32 Å². The fraction of sp³-hybridized carbons (Fsp3) is 0.609. The van der Waals surface area contributed by atoms with Gasteiger partial charge in [-0.05, 0) is 26.7 Å². The summed E-state index contributed by atoms with van der Waals surface area (Å²) < 4.78 is 5.47. The van der Waals surface area contributed by atoms with Gasteiger partial charge in [-0.1, -0.05) is 54.2 Å². The van der Waals surface area contributed by atoms with Crippen molar-refractivity contribution in [2.45, 2.75) is 64.6 Å². The first-order chi connectivity index (χ1) is 14.6. The van der Waals surface area contributed by atoms with Gasteiger partial charge < -0.3 is 9.84 Å². The molecule has 0 radical (unpaired) electrons. The van der Waals surface area contributed by atoms with Crippen molar-refractivity contribution >= 4 is 5.91 Å². The van der Waals surface area contributed by atoms with Crippen molar-refractivity contribution in [2.75, 3.05) is 26.2 Å². The van der Waals surface area contributed by atoms with Crippen molar-refractivity contribution in [3.63, 3.8) is 0 Å². The van der Waals surface area contributed by atoms with E-state index in [9.17, 15) is 4.79 Å². The van der Waals surface area contributed by atoms with Gasteiger partial charge in [-0.15, -0.1) is 0 Å². The van der Waals surface area contributed by atoms with Crippen LogP contribution in [0.15, 0.2) is 28.8 Å². The van der Waals surface area contributed by atoms with Crippen LogP contribution in [0.4, 0.5) is 0 Å². The first-order valence-corrected chi connectivity index (χ1v) is 11.2. The number of rotatable bonds is 6. The molecule has 1 saturated heterocycles. The lowest BCUT2D eigenvalue weighted by molar-refractivity contribution is -0.127. The molecule has 1 N–H and O–H groups in total. The highest BCUT2D eigenvalue weighted by Gasteiger charge is 2.28. The van der Waals surface area contributed by atoms with E-state index in [1.165, 1.54) is 24.8 Å². The monoisotopic (exact) mass is 411 g/mol. The number of hydrogen-bond donors (Lipinski definition) is 1. The van der Waals surface area contributed by atoms with Crippen LogP contribution in [-0.4, -0.2) is 64.1 Å². The Morgan fingerprint density at radius 2 is 1.83 bits per heavy atom. The van der Waals surface area contributed by atoms with Gasteiger partial charge >= 0.3 is 0 Å². The van der Waals surface area contributed by atoms with Crippen molar-refractivity contribution in [2.24, 2.45) is 0 Å². The second kappa shape index (κ2) is 9.71. The van der Waals surface area contributed by atoms with E-state index in [0.29, 0.717) is 24.3 Å². The van der Waals surface area contributed by atoms with Gasteiger partial charge in [-0.3, -0.25) is 14.6 Å². The summed E-state index contributed by atoms with van der Waals surface area (Å²) >= 11 is 0. The fourth-order valence-corrected chi connectivity index (χ4v) is 4.37. The van der Waals surface area contributed by atoms with E-state index in [2.05, 4.69) is 44.3 Å². The van der Waals surface area contributed by atoms with E-state index in [4.69, 9.17) is 4.52 Å². The maximum atomic E-state index is 12.6. The molecule has 0 spiro atoms. The molecule has 1 aromatic heterocycles. The van der Waals surface area contributed by atoms with Gasteiger partial charge in [0.05, 0.1) is 12.6 Å². The summed E-state index contributed by atoms with van der Waals surface area (Å²) in [4.78, 5) is 21.8. The minimum atomic E-state index is -0.0781. The number of aromatic nitrogens is 2. The van der Waals surface area contributed by atoms with Crippen LogP contribution in [0.3, 0.4) is 0 Å². The molecule has 7 heteroatoms. The van der Waals surface area contributed by atoms with Gasteiger partial charge in [0.15, 0.2) is 0 Å². The van der Waals surface area contributed by atoms with E-state index >= 15 is 0 Å². The lowest BCUT2D eigenvalue weighted by Gasteiger charge is -2.37. The van der Waals surface area contributed by atoms with Gasteiger partial charge in [-0.25, -0.2) is 0 Å². The minimum Gasteiger partial charge on any atom is -0.352 e. The van der Waals surface area contributed by atoms with Crippen LogP contribution in [0.25, 0.3) is 11.4 Å². The van der Waals surface area contributed by atoms with E-state index < -0.39 is 0 Å². The number of nitrogens with zero attached hydrogens (tertiary/aromatic N) is 4. The van der Waals surface area contributed by atoms with Crippen LogP contribution >= 0.6 is 0 Å². The lowest BCUT2D eigenvalue weighted by atomic mass is 9.95. The smallest absolute Gasteiger partial charge is 0.241 e. The number of benzene rings is 1. The largest absolute Gasteiger partial charge is 0.352 e. The van der Waals surface area contributed by atoms with Crippen LogP contribution in [0, 0.1) is 6.92 Å². The molecule has 1 atom stereocenters. The molecule has 0 bridgehead atoms. The molecule has 30 heavy (non-hydrogen) atoms. The Kier molecular flexibility index (Phi) is 6.79. The predicted octanol–water partition coefficient (Wildman–Crippen LogP) is 3.00. The average Bonchev–Trinajstić information content (AvgIpc) is 3.23. The maximum Gasteiger partial charge on any atom is 0.241 e. The molecular formula is C23H33N5O2. The zero-order valence-corrected chi connectivity index (χ0v) is 18.1. The lowest BCUT2D eigenvalue weighted by Crippen LogP contribution is -2.54. The number of nitrogens with one attached hydrogen (secondary N) is 1. The fourth-order valence-electron chi connectivity index (χ4n) is 4.37. The molecule has 7 nitrogen and oxygen atoms in total. The van der Waals surface area contributed by atoms with Crippen LogP contribution < -0.4 is 5.32 Å². The Bertz CT molecular complexity index is 820. The van der Waals surface area contributed by atoms with Gasteiger partial charge in [0.25, 0.3) is 0 Å². The van der Waals surface area contributed by atoms with E-state index in [0.717, 1.165) is 44.6 Å². The highest BCUT2D eigenvalue weighted by molar-refractivity contribution is 5.81. The van der Waals surface area contributed by atoms with E-state index in [1.54, 1.807) is 0 Å². The van der Waals surface area contributed by atoms with Gasteiger partial charge in [-0.2, -0.15) is 4.98 Å². The SMILES string of the molecule is Cc1ccc(-c2noc(CN3CCN(C(C)C(=O)NC4CCCCC4)CC3)n2)cc1. The van der Waals surface area contributed by atoms with Crippen LogP contribution in [-0.2, 0) is 11.3 Å². The normalized spacial score (nSPS) is 20.2. The predicted molar refractivity (Wildman–Crippen MR) is 116 cm³/mol. The molecule has 4 rings (SSSR count). The number of amides is 1. The van der Waals surface area contributed by atoms with E-state index in [1.807, 2.05) is 19.1 Å². The Labute approximate surface area is 178 Å². The minimum absolute atomic E-state index is 0.0781. The molecular weight excluding hydrogens is 378 g/mol. The standard InChI is InChI=1S/C23H33N5O2/c1-17-8-10-19(11-9-17)22-25-21(30-26-22)16-27-12-14-28(15-13-27)18(2)23(29)24-20-6-4-3-5-7-20/h8-11,18,20H,3-7,12-16H2,1-2H3,(H,24,29). The molecule has 1 aliphatic heterocycles. The quantitative estimate of drug-likeness (QED) is 0.788. The highest BCUT2D eigenvalue weighted by Crippen LogP contribution is 2.19. The second-order valence-corrected chi connectivity index (χ2v) is 8.71. The molecule has 2 aliphatic rings. The summed E-state index contributed by atoms with van der Waals surface area (Å²) in [6.45, 7) is 8.27. The Morgan fingerprint density at radius 3 is 2.53 bits per heavy atom. The molecule has 1 amide bonds. The maximum absolute atomic E-state index is 12.6. The second-order valence-electron chi connectivity index (χ2n) is 8.71. The summed E-state index contributed by atoms with van der Waals surface area (Å²) in [5.74, 6) is 1.45. The summed E-state index contributed by atoms with van der Waals surface area (Å²) in [6, 6.07) is 8.43. The molecule has 162 valence electrons. The van der Waals surface area contributed by atoms with Gasteiger partial charge in [0.1, 0.15) is 0 Å². The van der Waals surface area contributed by atoms with Crippen molar-refractivity contribution in [3.05, 3.63) is 35.7 Å². The topological polar surface area (TPSA) is 74.5 Å². The van der Waals surface area contributed by atoms with Crippen LogP contribution in [0.2, 0.25) is 0 Å². The number of carbonyl (C=O) groups excluding carboxylic acids is 1. The molecule has 1 aliphatic carbocycles. The summed E-state index contributed by atoms with van der Waals surface area (Å²) in [5, 5.41) is 7.39. The number of aryl methyl sites for hydroxylation is 1. The van der Waals surface area contributed by atoms with Gasteiger partial charge in [0.2, 0.25) is 17.6 Å².